The molecule has 52 heavy (non-hydrogen) atoms. The molecule has 0 aromatic carbocycles. The first-order chi connectivity index (χ1) is 22.1. The van der Waals surface area contributed by atoms with Crippen LogP contribution in [-0.2, 0) is 9.53 Å². The van der Waals surface area contributed by atoms with Crippen molar-refractivity contribution in [2.45, 2.75) is 103 Å². The van der Waals surface area contributed by atoms with Crippen molar-refractivity contribution in [2.24, 2.45) is 0 Å². The van der Waals surface area contributed by atoms with Gasteiger partial charge in [0.25, 0.3) is 0 Å². The number of rotatable bonds is 17. The molecule has 0 N–H and O–H groups in total. The molecule has 0 aromatic heterocycles. The number of alkyl halides is 29. The van der Waals surface area contributed by atoms with E-state index >= 15 is 0 Å². The standard InChI is InChI=1S/C21H11F29O2/c1-3-4-5-52-7(51)6(2)8(22,23)9(24,25)10(26,27)11(28,29)12(30,31)13(32,33)14(34,35)15(36,37)16(38,39)17(40,41)18(42,43)19(44,45)20(46,47)21(48,49)50/h2-5H2,1H3. The van der Waals surface area contributed by atoms with Gasteiger partial charge in [-0.1, -0.05) is 19.9 Å². The Hall–Kier alpha value is -2.82. The maximum absolute atomic E-state index is 14.0. The average Bonchev–Trinajstić information content (AvgIpc) is 2.94. The summed E-state index contributed by atoms with van der Waals surface area (Å²) in [5.74, 6) is -125. The van der Waals surface area contributed by atoms with Gasteiger partial charge in [0.15, 0.2) is 0 Å². The Bertz CT molecular complexity index is 1320. The number of carbonyl (C=O) groups excluding carboxylic acids is 1. The first-order valence-electron chi connectivity index (χ1n) is 12.0. The van der Waals surface area contributed by atoms with Gasteiger partial charge < -0.3 is 4.74 Å². The van der Waals surface area contributed by atoms with Crippen LogP contribution in [0.2, 0.25) is 0 Å². The molecule has 0 unspecified atom stereocenters. The lowest BCUT2D eigenvalue weighted by Gasteiger charge is -2.46. The molecule has 0 radical (unpaired) electrons. The number of hydrogen-bond acceptors (Lipinski definition) is 2. The molecular formula is C21H11F29O2. The van der Waals surface area contributed by atoms with Crippen LogP contribution in [0.4, 0.5) is 127 Å². The first kappa shape index (κ1) is 49.2. The quantitative estimate of drug-likeness (QED) is 0.0631. The van der Waals surface area contributed by atoms with Crippen molar-refractivity contribution in [3.63, 3.8) is 0 Å². The summed E-state index contributed by atoms with van der Waals surface area (Å²) in [5, 5.41) is 0. The van der Waals surface area contributed by atoms with Gasteiger partial charge in [0.1, 0.15) is 5.57 Å². The summed E-state index contributed by atoms with van der Waals surface area (Å²) in [7, 11) is 0. The second-order valence-electron chi connectivity index (χ2n) is 9.93. The van der Waals surface area contributed by atoms with Gasteiger partial charge in [-0.3, -0.25) is 0 Å². The van der Waals surface area contributed by atoms with Gasteiger partial charge in [0, 0.05) is 0 Å². The van der Waals surface area contributed by atoms with Gasteiger partial charge in [0.2, 0.25) is 0 Å². The Labute approximate surface area is 265 Å². The third-order valence-corrected chi connectivity index (χ3v) is 6.44. The largest absolute Gasteiger partial charge is 0.462 e. The molecule has 0 saturated heterocycles. The van der Waals surface area contributed by atoms with Crippen LogP contribution in [-0.4, -0.2) is 95.7 Å². The predicted octanol–water partition coefficient (Wildman–Crippen LogP) is 10.7. The summed E-state index contributed by atoms with van der Waals surface area (Å²) in [6, 6.07) is 0. The first-order valence-corrected chi connectivity index (χ1v) is 12.0. The Kier molecular flexibility index (Phi) is 12.2. The molecule has 2 nitrogen and oxygen atoms in total. The van der Waals surface area contributed by atoms with E-state index < -0.39 is 108 Å². The summed E-state index contributed by atoms with van der Waals surface area (Å²) in [6.07, 6.45) is -8.78. The minimum Gasteiger partial charge on any atom is -0.462 e. The van der Waals surface area contributed by atoms with E-state index in [9.17, 15) is 132 Å². The Morgan fingerprint density at radius 2 is 0.615 bits per heavy atom. The van der Waals surface area contributed by atoms with Crippen molar-refractivity contribution in [3.05, 3.63) is 12.2 Å². The monoisotopic (exact) mass is 846 g/mol. The number of halogens is 29. The van der Waals surface area contributed by atoms with E-state index in [1.165, 1.54) is 6.92 Å². The van der Waals surface area contributed by atoms with Crippen LogP contribution < -0.4 is 0 Å². The van der Waals surface area contributed by atoms with Gasteiger partial charge >= 0.3 is 89.1 Å². The SMILES string of the molecule is C=C(C(=O)OCCCC)C(F)(F)C(F)(F)C(F)(F)C(F)(F)C(F)(F)C(F)(F)C(F)(F)C(F)(F)C(F)(F)C(F)(F)C(F)(F)C(F)(F)C(F)(F)C(F)(F)F. The van der Waals surface area contributed by atoms with Crippen molar-refractivity contribution in [1.82, 2.24) is 0 Å². The molecule has 0 saturated carbocycles. The van der Waals surface area contributed by atoms with Crippen molar-refractivity contribution < 1.29 is 137 Å². The smallest absolute Gasteiger partial charge is 0.460 e. The Morgan fingerprint density at radius 1 is 0.404 bits per heavy atom. The zero-order valence-corrected chi connectivity index (χ0v) is 23.6. The number of hydrogen-bond donors (Lipinski definition) is 0. The van der Waals surface area contributed by atoms with Gasteiger partial charge in [0.05, 0.1) is 6.61 Å². The molecule has 0 aliphatic heterocycles. The highest BCUT2D eigenvalue weighted by Crippen LogP contribution is 2.69. The van der Waals surface area contributed by atoms with Crippen molar-refractivity contribution >= 4 is 5.97 Å². The number of carbonyl (C=O) groups is 1. The predicted molar refractivity (Wildman–Crippen MR) is 105 cm³/mol. The van der Waals surface area contributed by atoms with E-state index in [1.54, 1.807) is 6.58 Å². The fraction of sp³-hybridized carbons (Fsp3) is 0.857. The normalized spacial score (nSPS) is 16.3. The van der Waals surface area contributed by atoms with Crippen LogP contribution in [0.3, 0.4) is 0 Å². The highest BCUT2D eigenvalue weighted by molar-refractivity contribution is 5.90. The Balaban J connectivity index is 7.49. The van der Waals surface area contributed by atoms with Crippen molar-refractivity contribution in [1.29, 1.82) is 0 Å². The van der Waals surface area contributed by atoms with E-state index in [0.717, 1.165) is 0 Å². The number of esters is 1. The van der Waals surface area contributed by atoms with Crippen molar-refractivity contribution in [2.75, 3.05) is 6.61 Å². The lowest BCUT2D eigenvalue weighted by Crippen LogP contribution is -2.79. The summed E-state index contributed by atoms with van der Waals surface area (Å²) in [4.78, 5) is 11.3. The van der Waals surface area contributed by atoms with E-state index in [0.29, 0.717) is 0 Å². The van der Waals surface area contributed by atoms with E-state index in [2.05, 4.69) is 4.74 Å². The molecule has 0 fully saturated rings. The molecule has 0 bridgehead atoms. The minimum atomic E-state index is -9.99. The molecule has 0 heterocycles. The molecule has 310 valence electrons. The third-order valence-electron chi connectivity index (χ3n) is 6.44. The molecule has 0 amide bonds. The van der Waals surface area contributed by atoms with Crippen LogP contribution in [0.25, 0.3) is 0 Å². The molecule has 0 spiro atoms. The number of ether oxygens (including phenoxy) is 1. The topological polar surface area (TPSA) is 26.3 Å². The summed E-state index contributed by atoms with van der Waals surface area (Å²) in [5.41, 5.74) is -3.47. The fourth-order valence-corrected chi connectivity index (χ4v) is 3.06. The van der Waals surface area contributed by atoms with Crippen molar-refractivity contribution in [3.8, 4) is 0 Å². The molecule has 0 atom stereocenters. The van der Waals surface area contributed by atoms with E-state index in [4.69, 9.17) is 0 Å². The van der Waals surface area contributed by atoms with Gasteiger partial charge in [-0.15, -0.1) is 0 Å². The number of unbranched alkanes of at least 4 members (excludes halogenated alkanes) is 1. The second-order valence-corrected chi connectivity index (χ2v) is 9.93. The van der Waals surface area contributed by atoms with E-state index in [1.807, 2.05) is 0 Å². The average molecular weight is 846 g/mol. The van der Waals surface area contributed by atoms with Gasteiger partial charge in [-0.05, 0) is 6.42 Å². The Morgan fingerprint density at radius 3 is 0.827 bits per heavy atom. The summed E-state index contributed by atoms with van der Waals surface area (Å²) >= 11 is 0. The summed E-state index contributed by atoms with van der Waals surface area (Å²) < 4.78 is 397. The van der Waals surface area contributed by atoms with Crippen LogP contribution in [0.15, 0.2) is 12.2 Å². The van der Waals surface area contributed by atoms with Crippen LogP contribution >= 0.6 is 0 Å². The second kappa shape index (κ2) is 12.9. The molecule has 0 rings (SSSR count). The zero-order chi connectivity index (χ0) is 43.0. The fourth-order valence-electron chi connectivity index (χ4n) is 3.06. The minimum absolute atomic E-state index is 0.0595. The van der Waals surface area contributed by atoms with Crippen LogP contribution in [0, 0.1) is 0 Å². The highest BCUT2D eigenvalue weighted by atomic mass is 19.4. The molecule has 0 aromatic rings. The van der Waals surface area contributed by atoms with Crippen LogP contribution in [0.1, 0.15) is 19.8 Å². The highest BCUT2D eigenvalue weighted by Gasteiger charge is 3.01. The van der Waals surface area contributed by atoms with Crippen LogP contribution in [0.5, 0.6) is 0 Å². The lowest BCUT2D eigenvalue weighted by molar-refractivity contribution is -0.486. The maximum atomic E-state index is 14.0. The van der Waals surface area contributed by atoms with E-state index in [-0.39, 0.29) is 6.42 Å². The molecule has 31 heteroatoms. The molecular weight excluding hydrogens is 835 g/mol. The lowest BCUT2D eigenvalue weighted by atomic mass is 9.83. The maximum Gasteiger partial charge on any atom is 0.460 e. The molecule has 0 aliphatic carbocycles. The van der Waals surface area contributed by atoms with Gasteiger partial charge in [-0.2, -0.15) is 127 Å². The molecule has 0 aliphatic rings. The zero-order valence-electron chi connectivity index (χ0n) is 23.6. The summed E-state index contributed by atoms with van der Waals surface area (Å²) in [6.45, 7) is 1.74. The third kappa shape index (κ3) is 6.03. The van der Waals surface area contributed by atoms with Gasteiger partial charge in [-0.25, -0.2) is 4.79 Å².